The predicted octanol–water partition coefficient (Wildman–Crippen LogP) is 1.50. The fourth-order valence-electron chi connectivity index (χ4n) is 1.98. The van der Waals surface area contributed by atoms with Crippen molar-refractivity contribution in [3.63, 3.8) is 0 Å². The first-order valence-electron chi connectivity index (χ1n) is 6.22. The zero-order valence-electron chi connectivity index (χ0n) is 11.7. The largest absolute Gasteiger partial charge is 0.377 e. The van der Waals surface area contributed by atoms with Gasteiger partial charge in [0.2, 0.25) is 10.0 Å². The first-order chi connectivity index (χ1) is 9.44. The molecule has 6 nitrogen and oxygen atoms in total. The molecule has 0 fully saturated rings. The first kappa shape index (κ1) is 14.5. The molecule has 1 aromatic heterocycles. The van der Waals surface area contributed by atoms with E-state index in [0.29, 0.717) is 0 Å². The molecule has 1 heterocycles. The van der Waals surface area contributed by atoms with Gasteiger partial charge in [-0.25, -0.2) is 13.1 Å². The van der Waals surface area contributed by atoms with Crippen LogP contribution in [0.25, 0.3) is 0 Å². The topological polar surface area (TPSA) is 76.0 Å². The van der Waals surface area contributed by atoms with E-state index >= 15 is 0 Å². The minimum Gasteiger partial charge on any atom is -0.377 e. The number of sulfonamides is 1. The highest BCUT2D eigenvalue weighted by molar-refractivity contribution is 7.89. The van der Waals surface area contributed by atoms with Crippen molar-refractivity contribution in [2.75, 3.05) is 12.4 Å². The number of anilines is 1. The number of nitrogens with one attached hydrogen (secondary N) is 2. The van der Waals surface area contributed by atoms with Crippen molar-refractivity contribution in [3.05, 3.63) is 42.2 Å². The number of nitrogens with zero attached hydrogens (tertiary/aromatic N) is 2. The molecule has 2 rings (SSSR count). The minimum atomic E-state index is -3.39. The summed E-state index contributed by atoms with van der Waals surface area (Å²) < 4.78 is 27.3. The number of aryl methyl sites for hydroxylation is 1. The van der Waals surface area contributed by atoms with E-state index in [4.69, 9.17) is 0 Å². The normalized spacial score (nSPS) is 13.2. The fourth-order valence-corrected chi connectivity index (χ4v) is 2.71. The van der Waals surface area contributed by atoms with Gasteiger partial charge in [-0.3, -0.25) is 4.68 Å². The number of benzene rings is 1. The van der Waals surface area contributed by atoms with Gasteiger partial charge in [0.25, 0.3) is 0 Å². The van der Waals surface area contributed by atoms with Crippen LogP contribution in [0.5, 0.6) is 0 Å². The van der Waals surface area contributed by atoms with Gasteiger partial charge in [-0.2, -0.15) is 5.10 Å². The molecular formula is C13H18N4O2S. The van der Waals surface area contributed by atoms with Crippen LogP contribution < -0.4 is 10.0 Å². The van der Waals surface area contributed by atoms with Gasteiger partial charge in [-0.05, 0) is 44.3 Å². The molecule has 7 heteroatoms. The summed E-state index contributed by atoms with van der Waals surface area (Å²) in [7, 11) is -0.105. The summed E-state index contributed by atoms with van der Waals surface area (Å²) in [5.74, 6) is 0. The molecule has 20 heavy (non-hydrogen) atoms. The van der Waals surface area contributed by atoms with Gasteiger partial charge in [0.1, 0.15) is 0 Å². The third-order valence-corrected chi connectivity index (χ3v) is 4.55. The van der Waals surface area contributed by atoms with Gasteiger partial charge in [0, 0.05) is 18.9 Å². The van der Waals surface area contributed by atoms with Crippen LogP contribution in [-0.2, 0) is 17.1 Å². The van der Waals surface area contributed by atoms with Crippen LogP contribution in [0.1, 0.15) is 18.7 Å². The van der Waals surface area contributed by atoms with E-state index in [1.54, 1.807) is 35.1 Å². The molecule has 1 aromatic carbocycles. The van der Waals surface area contributed by atoms with Crippen LogP contribution >= 0.6 is 0 Å². The Morgan fingerprint density at radius 3 is 2.35 bits per heavy atom. The molecule has 0 spiro atoms. The molecule has 2 N–H and O–H groups in total. The predicted molar refractivity (Wildman–Crippen MR) is 77.9 cm³/mol. The maximum absolute atomic E-state index is 11.6. The third-order valence-electron chi connectivity index (χ3n) is 3.12. The smallest absolute Gasteiger partial charge is 0.240 e. The van der Waals surface area contributed by atoms with E-state index in [2.05, 4.69) is 15.1 Å². The SMILES string of the molecule is CNS(=O)(=O)c1ccc(NC(C)c2ccnn2C)cc1. The second-order valence-electron chi connectivity index (χ2n) is 4.48. The van der Waals surface area contributed by atoms with Crippen molar-refractivity contribution in [2.24, 2.45) is 7.05 Å². The monoisotopic (exact) mass is 294 g/mol. The van der Waals surface area contributed by atoms with Crippen molar-refractivity contribution in [2.45, 2.75) is 17.9 Å². The summed E-state index contributed by atoms with van der Waals surface area (Å²) in [6, 6.07) is 8.66. The lowest BCUT2D eigenvalue weighted by Crippen LogP contribution is -2.18. The molecular weight excluding hydrogens is 276 g/mol. The van der Waals surface area contributed by atoms with Crippen LogP contribution in [0.15, 0.2) is 41.4 Å². The van der Waals surface area contributed by atoms with E-state index in [-0.39, 0.29) is 10.9 Å². The maximum atomic E-state index is 11.6. The lowest BCUT2D eigenvalue weighted by Gasteiger charge is -2.15. The van der Waals surface area contributed by atoms with Gasteiger partial charge < -0.3 is 5.32 Å². The van der Waals surface area contributed by atoms with Crippen LogP contribution in [0.2, 0.25) is 0 Å². The van der Waals surface area contributed by atoms with Crippen LogP contribution in [0.3, 0.4) is 0 Å². The highest BCUT2D eigenvalue weighted by Gasteiger charge is 2.12. The molecule has 2 aromatic rings. The molecule has 0 aliphatic heterocycles. The zero-order chi connectivity index (χ0) is 14.8. The lowest BCUT2D eigenvalue weighted by molar-refractivity contribution is 0.588. The summed E-state index contributed by atoms with van der Waals surface area (Å²) in [4.78, 5) is 0.249. The summed E-state index contributed by atoms with van der Waals surface area (Å²) in [6.07, 6.45) is 1.75. The molecule has 0 saturated heterocycles. The first-order valence-corrected chi connectivity index (χ1v) is 7.70. The van der Waals surface area contributed by atoms with E-state index in [1.807, 2.05) is 20.0 Å². The molecule has 0 saturated carbocycles. The Morgan fingerprint density at radius 1 is 1.20 bits per heavy atom. The summed E-state index contributed by atoms with van der Waals surface area (Å²) >= 11 is 0. The maximum Gasteiger partial charge on any atom is 0.240 e. The summed E-state index contributed by atoms with van der Waals surface area (Å²) in [6.45, 7) is 2.02. The standard InChI is InChI=1S/C13H18N4O2S/c1-10(13-8-9-15-17(13)3)16-11-4-6-12(7-5-11)20(18,19)14-2/h4-10,14,16H,1-3H3. The highest BCUT2D eigenvalue weighted by atomic mass is 32.2. The fraction of sp³-hybridized carbons (Fsp3) is 0.308. The van der Waals surface area contributed by atoms with Gasteiger partial charge in [-0.15, -0.1) is 0 Å². The van der Waals surface area contributed by atoms with Crippen LogP contribution in [-0.4, -0.2) is 25.2 Å². The minimum absolute atomic E-state index is 0.0780. The van der Waals surface area contributed by atoms with E-state index in [0.717, 1.165) is 11.4 Å². The number of rotatable bonds is 5. The Hall–Kier alpha value is -1.86. The average Bonchev–Trinajstić information content (AvgIpc) is 2.85. The van der Waals surface area contributed by atoms with Crippen molar-refractivity contribution in [1.29, 1.82) is 0 Å². The number of hydrogen-bond acceptors (Lipinski definition) is 4. The van der Waals surface area contributed by atoms with Crippen LogP contribution in [0.4, 0.5) is 5.69 Å². The van der Waals surface area contributed by atoms with E-state index < -0.39 is 10.0 Å². The Morgan fingerprint density at radius 2 is 1.85 bits per heavy atom. The quantitative estimate of drug-likeness (QED) is 0.876. The second-order valence-corrected chi connectivity index (χ2v) is 6.36. The van der Waals surface area contributed by atoms with Crippen molar-refractivity contribution >= 4 is 15.7 Å². The molecule has 0 radical (unpaired) electrons. The molecule has 0 aliphatic rings. The Labute approximate surface area is 118 Å². The van der Waals surface area contributed by atoms with Gasteiger partial charge in [0.15, 0.2) is 0 Å². The molecule has 0 amide bonds. The van der Waals surface area contributed by atoms with Crippen molar-refractivity contribution < 1.29 is 8.42 Å². The van der Waals surface area contributed by atoms with Crippen molar-refractivity contribution in [1.82, 2.24) is 14.5 Å². The highest BCUT2D eigenvalue weighted by Crippen LogP contribution is 2.20. The van der Waals surface area contributed by atoms with E-state index in [1.165, 1.54) is 7.05 Å². The molecule has 0 bridgehead atoms. The van der Waals surface area contributed by atoms with Gasteiger partial charge in [0.05, 0.1) is 16.6 Å². The van der Waals surface area contributed by atoms with Gasteiger partial charge >= 0.3 is 0 Å². The number of hydrogen-bond donors (Lipinski definition) is 2. The van der Waals surface area contributed by atoms with Crippen LogP contribution in [0, 0.1) is 0 Å². The molecule has 1 atom stereocenters. The third kappa shape index (κ3) is 3.00. The summed E-state index contributed by atoms with van der Waals surface area (Å²) in [5, 5.41) is 7.43. The second kappa shape index (κ2) is 5.64. The van der Waals surface area contributed by atoms with Crippen molar-refractivity contribution in [3.8, 4) is 0 Å². The Balaban J connectivity index is 2.14. The van der Waals surface area contributed by atoms with Gasteiger partial charge in [-0.1, -0.05) is 0 Å². The molecule has 108 valence electrons. The average molecular weight is 294 g/mol. The van der Waals surface area contributed by atoms with E-state index in [9.17, 15) is 8.42 Å². The lowest BCUT2D eigenvalue weighted by atomic mass is 10.2. The Bertz CT molecular complexity index is 677. The Kier molecular flexibility index (Phi) is 4.10. The molecule has 1 unspecified atom stereocenters. The molecule has 0 aliphatic carbocycles. The zero-order valence-corrected chi connectivity index (χ0v) is 12.5. The summed E-state index contributed by atoms with van der Waals surface area (Å²) in [5.41, 5.74) is 1.91. The number of aromatic nitrogens is 2.